The summed E-state index contributed by atoms with van der Waals surface area (Å²) < 4.78 is 28.8. The van der Waals surface area contributed by atoms with E-state index in [-0.39, 0.29) is 10.8 Å². The first-order chi connectivity index (χ1) is 14.3. The number of aromatic nitrogens is 1. The minimum Gasteiger partial charge on any atom is -0.302 e. The van der Waals surface area contributed by atoms with Gasteiger partial charge in [-0.05, 0) is 61.2 Å². The molecule has 0 bridgehead atoms. The highest BCUT2D eigenvalue weighted by molar-refractivity contribution is 9.10. The van der Waals surface area contributed by atoms with Crippen LogP contribution >= 0.6 is 27.3 Å². The summed E-state index contributed by atoms with van der Waals surface area (Å²) in [6, 6.07) is 12.6. The summed E-state index contributed by atoms with van der Waals surface area (Å²) in [4.78, 5) is 17.0. The Hall–Kier alpha value is -2.23. The van der Waals surface area contributed by atoms with Gasteiger partial charge in [-0.15, -0.1) is 0 Å². The van der Waals surface area contributed by atoms with Crippen molar-refractivity contribution >= 4 is 54.0 Å². The number of nitrogens with one attached hydrogen (secondary N) is 1. The van der Waals surface area contributed by atoms with E-state index in [1.165, 1.54) is 22.6 Å². The fourth-order valence-corrected chi connectivity index (χ4v) is 6.72. The largest absolute Gasteiger partial charge is 0.302 e. The molecule has 4 rings (SSSR count). The monoisotopic (exact) mass is 505 g/mol. The van der Waals surface area contributed by atoms with Gasteiger partial charge < -0.3 is 5.32 Å². The smallest absolute Gasteiger partial charge is 0.264 e. The van der Waals surface area contributed by atoms with Crippen LogP contribution in [0.25, 0.3) is 10.4 Å². The summed E-state index contributed by atoms with van der Waals surface area (Å²) in [5.41, 5.74) is 3.51. The molecule has 0 spiro atoms. The molecule has 1 aliphatic rings. The summed E-state index contributed by atoms with van der Waals surface area (Å²) in [5, 5.41) is 3.29. The molecule has 2 heterocycles. The molecule has 1 N–H and O–H groups in total. The molecule has 0 saturated carbocycles. The molecule has 6 nitrogen and oxygen atoms in total. The van der Waals surface area contributed by atoms with Crippen molar-refractivity contribution in [2.45, 2.75) is 31.6 Å². The van der Waals surface area contributed by atoms with Gasteiger partial charge in [0.1, 0.15) is 0 Å². The van der Waals surface area contributed by atoms with Gasteiger partial charge in [0.15, 0.2) is 5.13 Å². The van der Waals surface area contributed by atoms with E-state index < -0.39 is 10.0 Å². The van der Waals surface area contributed by atoms with Crippen molar-refractivity contribution in [3.05, 3.63) is 58.2 Å². The molecule has 0 saturated heterocycles. The normalized spacial score (nSPS) is 13.8. The number of benzene rings is 2. The molecule has 0 atom stereocenters. The standard InChI is InChI=1S/C21H20BrN3O3S2/c1-13-20(29-21(23-13)24-14(2)26)16-8-9-19-15(11-16)5-4-10-25(19)30(27,28)18-7-3-6-17(22)12-18/h3,6-9,11-12H,4-5,10H2,1-2H3,(H,23,24,26). The first-order valence-electron chi connectivity index (χ1n) is 9.42. The molecule has 0 aliphatic carbocycles. The SMILES string of the molecule is CC(=O)Nc1nc(C)c(-c2ccc3c(c2)CCCN3S(=O)(=O)c2cccc(Br)c2)s1. The summed E-state index contributed by atoms with van der Waals surface area (Å²) in [6.07, 6.45) is 1.56. The van der Waals surface area contributed by atoms with E-state index in [1.807, 2.05) is 31.2 Å². The molecule has 0 radical (unpaired) electrons. The van der Waals surface area contributed by atoms with E-state index in [0.717, 1.165) is 39.0 Å². The zero-order chi connectivity index (χ0) is 21.5. The second kappa shape index (κ2) is 8.13. The number of hydrogen-bond acceptors (Lipinski definition) is 5. The fourth-order valence-electron chi connectivity index (χ4n) is 3.58. The Bertz CT molecular complexity index is 1240. The summed E-state index contributed by atoms with van der Waals surface area (Å²) in [6.45, 7) is 3.81. The zero-order valence-electron chi connectivity index (χ0n) is 16.5. The van der Waals surface area contributed by atoms with E-state index in [1.54, 1.807) is 18.2 Å². The zero-order valence-corrected chi connectivity index (χ0v) is 19.7. The number of thiazole rings is 1. The maximum atomic E-state index is 13.3. The van der Waals surface area contributed by atoms with E-state index in [0.29, 0.717) is 17.4 Å². The highest BCUT2D eigenvalue weighted by Gasteiger charge is 2.29. The van der Waals surface area contributed by atoms with Crippen LogP contribution in [0.2, 0.25) is 0 Å². The minimum absolute atomic E-state index is 0.158. The average Bonchev–Trinajstić information content (AvgIpc) is 3.06. The van der Waals surface area contributed by atoms with Crippen molar-refractivity contribution in [1.29, 1.82) is 0 Å². The van der Waals surface area contributed by atoms with Crippen molar-refractivity contribution in [1.82, 2.24) is 4.98 Å². The quantitative estimate of drug-likeness (QED) is 0.542. The van der Waals surface area contributed by atoms with E-state index in [9.17, 15) is 13.2 Å². The second-order valence-electron chi connectivity index (χ2n) is 7.10. The number of amides is 1. The predicted octanol–water partition coefficient (Wildman–Crippen LogP) is 4.98. The van der Waals surface area contributed by atoms with Crippen LogP contribution in [0.1, 0.15) is 24.6 Å². The number of sulfonamides is 1. The average molecular weight is 506 g/mol. The molecule has 0 unspecified atom stereocenters. The van der Waals surface area contributed by atoms with Gasteiger partial charge in [-0.1, -0.05) is 39.4 Å². The Morgan fingerprint density at radius 1 is 1.23 bits per heavy atom. The van der Waals surface area contributed by atoms with Crippen LogP contribution in [-0.4, -0.2) is 25.9 Å². The Morgan fingerprint density at radius 3 is 2.77 bits per heavy atom. The lowest BCUT2D eigenvalue weighted by molar-refractivity contribution is -0.114. The second-order valence-corrected chi connectivity index (χ2v) is 10.9. The van der Waals surface area contributed by atoms with Gasteiger partial charge in [0.25, 0.3) is 10.0 Å². The molecule has 2 aromatic carbocycles. The van der Waals surface area contributed by atoms with Gasteiger partial charge in [0.2, 0.25) is 5.91 Å². The van der Waals surface area contributed by atoms with Crippen LogP contribution in [0.4, 0.5) is 10.8 Å². The third kappa shape index (κ3) is 4.01. The van der Waals surface area contributed by atoms with Gasteiger partial charge in [0, 0.05) is 17.9 Å². The number of fused-ring (bicyclic) bond motifs is 1. The van der Waals surface area contributed by atoms with Gasteiger partial charge >= 0.3 is 0 Å². The number of nitrogens with zero attached hydrogens (tertiary/aromatic N) is 2. The number of carbonyl (C=O) groups excluding carboxylic acids is 1. The third-order valence-electron chi connectivity index (χ3n) is 4.88. The van der Waals surface area contributed by atoms with Crippen LogP contribution in [0.3, 0.4) is 0 Å². The highest BCUT2D eigenvalue weighted by Crippen LogP contribution is 2.38. The van der Waals surface area contributed by atoms with Crippen LogP contribution in [0.15, 0.2) is 51.8 Å². The van der Waals surface area contributed by atoms with E-state index in [4.69, 9.17) is 0 Å². The van der Waals surface area contributed by atoms with Gasteiger partial charge in [-0.3, -0.25) is 9.10 Å². The number of halogens is 1. The highest BCUT2D eigenvalue weighted by atomic mass is 79.9. The molecule has 3 aromatic rings. The van der Waals surface area contributed by atoms with E-state index >= 15 is 0 Å². The number of rotatable bonds is 4. The maximum Gasteiger partial charge on any atom is 0.264 e. The Morgan fingerprint density at radius 2 is 2.03 bits per heavy atom. The van der Waals surface area contributed by atoms with Crippen LogP contribution in [0, 0.1) is 6.92 Å². The number of hydrogen-bond donors (Lipinski definition) is 1. The molecule has 1 amide bonds. The van der Waals surface area contributed by atoms with Crippen molar-refractivity contribution < 1.29 is 13.2 Å². The molecule has 1 aromatic heterocycles. The van der Waals surface area contributed by atoms with Crippen molar-refractivity contribution in [3.63, 3.8) is 0 Å². The molecular weight excluding hydrogens is 486 g/mol. The minimum atomic E-state index is -3.65. The lowest BCUT2D eigenvalue weighted by Gasteiger charge is -2.31. The predicted molar refractivity (Wildman–Crippen MR) is 124 cm³/mol. The van der Waals surface area contributed by atoms with Gasteiger partial charge in [-0.25, -0.2) is 13.4 Å². The number of anilines is 2. The number of carbonyl (C=O) groups is 1. The van der Waals surface area contributed by atoms with Crippen LogP contribution in [-0.2, 0) is 21.2 Å². The maximum absolute atomic E-state index is 13.3. The van der Waals surface area contributed by atoms with Crippen molar-refractivity contribution in [3.8, 4) is 10.4 Å². The fraction of sp³-hybridized carbons (Fsp3) is 0.238. The summed E-state index contributed by atoms with van der Waals surface area (Å²) in [5.74, 6) is -0.158. The summed E-state index contributed by atoms with van der Waals surface area (Å²) in [7, 11) is -3.65. The summed E-state index contributed by atoms with van der Waals surface area (Å²) >= 11 is 4.77. The lowest BCUT2D eigenvalue weighted by Crippen LogP contribution is -2.35. The first-order valence-corrected chi connectivity index (χ1v) is 12.5. The van der Waals surface area contributed by atoms with E-state index in [2.05, 4.69) is 26.2 Å². The van der Waals surface area contributed by atoms with Crippen LogP contribution < -0.4 is 9.62 Å². The molecule has 1 aliphatic heterocycles. The topological polar surface area (TPSA) is 79.4 Å². The molecule has 156 valence electrons. The third-order valence-corrected chi connectivity index (χ3v) is 8.31. The molecular formula is C21H20BrN3O3S2. The Labute approximate surface area is 188 Å². The van der Waals surface area contributed by atoms with Gasteiger partial charge in [-0.2, -0.15) is 0 Å². The Balaban J connectivity index is 1.72. The first kappa shape index (κ1) is 21.0. The van der Waals surface area contributed by atoms with Crippen molar-refractivity contribution in [2.75, 3.05) is 16.2 Å². The Kier molecular flexibility index (Phi) is 5.69. The lowest BCUT2D eigenvalue weighted by atomic mass is 10.00. The molecule has 9 heteroatoms. The van der Waals surface area contributed by atoms with Crippen LogP contribution in [0.5, 0.6) is 0 Å². The molecule has 30 heavy (non-hydrogen) atoms. The van der Waals surface area contributed by atoms with Crippen molar-refractivity contribution in [2.24, 2.45) is 0 Å². The van der Waals surface area contributed by atoms with Gasteiger partial charge in [0.05, 0.1) is 21.2 Å². The number of aryl methyl sites for hydroxylation is 2. The molecule has 0 fully saturated rings.